The van der Waals surface area contributed by atoms with E-state index in [1.54, 1.807) is 0 Å². The van der Waals surface area contributed by atoms with Gasteiger partial charge in [0.25, 0.3) is 5.78 Å². The lowest BCUT2D eigenvalue weighted by atomic mass is 10.1. The third-order valence-electron chi connectivity index (χ3n) is 2.35. The molecule has 6 heteroatoms. The lowest BCUT2D eigenvalue weighted by Gasteiger charge is -2.10. The van der Waals surface area contributed by atoms with E-state index in [0.29, 0.717) is 18.4 Å². The molecule has 0 spiro atoms. The van der Waals surface area contributed by atoms with Crippen LogP contribution in [0.1, 0.15) is 30.6 Å². The van der Waals surface area contributed by atoms with Crippen molar-refractivity contribution >= 4 is 5.78 Å². The van der Waals surface area contributed by atoms with Crippen LogP contribution in [0.15, 0.2) is 18.2 Å². The SMILES string of the molecule is CC(C)CCOc1cc(F)cc(C(=O)C(F)(F)F)c1. The van der Waals surface area contributed by atoms with Gasteiger partial charge < -0.3 is 4.74 Å². The van der Waals surface area contributed by atoms with Crippen molar-refractivity contribution in [1.29, 1.82) is 0 Å². The van der Waals surface area contributed by atoms with Crippen molar-refractivity contribution in [3.63, 3.8) is 0 Å². The average Bonchev–Trinajstić information content (AvgIpc) is 2.25. The van der Waals surface area contributed by atoms with E-state index in [1.807, 2.05) is 13.8 Å². The summed E-state index contributed by atoms with van der Waals surface area (Å²) in [5.41, 5.74) is -0.757. The van der Waals surface area contributed by atoms with Crippen LogP contribution in [0.3, 0.4) is 0 Å². The summed E-state index contributed by atoms with van der Waals surface area (Å²) < 4.78 is 55.0. The first-order chi connectivity index (χ1) is 8.70. The second-order valence-corrected chi connectivity index (χ2v) is 4.53. The van der Waals surface area contributed by atoms with Crippen molar-refractivity contribution < 1.29 is 27.1 Å². The van der Waals surface area contributed by atoms with E-state index in [4.69, 9.17) is 4.74 Å². The van der Waals surface area contributed by atoms with E-state index in [1.165, 1.54) is 0 Å². The van der Waals surface area contributed by atoms with Gasteiger partial charge >= 0.3 is 6.18 Å². The molecule has 0 radical (unpaired) electrons. The molecular formula is C13H14F4O2. The third-order valence-corrected chi connectivity index (χ3v) is 2.35. The lowest BCUT2D eigenvalue weighted by molar-refractivity contribution is -0.0885. The van der Waals surface area contributed by atoms with E-state index in [0.717, 1.165) is 12.1 Å². The van der Waals surface area contributed by atoms with Crippen molar-refractivity contribution in [3.05, 3.63) is 29.6 Å². The number of benzene rings is 1. The Morgan fingerprint density at radius 1 is 1.26 bits per heavy atom. The Morgan fingerprint density at radius 2 is 1.89 bits per heavy atom. The summed E-state index contributed by atoms with van der Waals surface area (Å²) in [5, 5.41) is 0. The Balaban J connectivity index is 2.86. The molecule has 0 fully saturated rings. The molecule has 19 heavy (non-hydrogen) atoms. The zero-order chi connectivity index (χ0) is 14.6. The molecule has 0 saturated carbocycles. The number of carbonyl (C=O) groups is 1. The fraction of sp³-hybridized carbons (Fsp3) is 0.462. The number of rotatable bonds is 5. The number of halogens is 4. The number of carbonyl (C=O) groups excluding carboxylic acids is 1. The summed E-state index contributed by atoms with van der Waals surface area (Å²) >= 11 is 0. The maximum absolute atomic E-state index is 13.2. The smallest absolute Gasteiger partial charge is 0.454 e. The molecule has 1 aromatic carbocycles. The predicted octanol–water partition coefficient (Wildman–Crippen LogP) is 4.00. The Kier molecular flexibility index (Phi) is 4.91. The fourth-order valence-electron chi connectivity index (χ4n) is 1.35. The second kappa shape index (κ2) is 6.04. The summed E-state index contributed by atoms with van der Waals surface area (Å²) in [5.74, 6) is -2.74. The number of ether oxygens (including phenoxy) is 1. The maximum atomic E-state index is 13.2. The molecule has 1 rings (SSSR count). The van der Waals surface area contributed by atoms with Crippen LogP contribution >= 0.6 is 0 Å². The Bertz CT molecular complexity index is 452. The maximum Gasteiger partial charge on any atom is 0.454 e. The molecule has 0 bridgehead atoms. The van der Waals surface area contributed by atoms with E-state index in [9.17, 15) is 22.4 Å². The highest BCUT2D eigenvalue weighted by Gasteiger charge is 2.39. The van der Waals surface area contributed by atoms with Gasteiger partial charge in [-0.15, -0.1) is 0 Å². The van der Waals surface area contributed by atoms with Crippen molar-refractivity contribution in [2.24, 2.45) is 5.92 Å². The summed E-state index contributed by atoms with van der Waals surface area (Å²) in [7, 11) is 0. The molecule has 0 saturated heterocycles. The zero-order valence-electron chi connectivity index (χ0n) is 10.6. The number of alkyl halides is 3. The molecule has 0 atom stereocenters. The number of Topliss-reactive ketones (excluding diaryl/α,β-unsaturated/α-hetero) is 1. The lowest BCUT2D eigenvalue weighted by Crippen LogP contribution is -2.22. The van der Waals surface area contributed by atoms with Gasteiger partial charge in [-0.1, -0.05) is 13.8 Å². The summed E-state index contributed by atoms with van der Waals surface area (Å²) in [6.45, 7) is 4.15. The summed E-state index contributed by atoms with van der Waals surface area (Å²) in [6.07, 6.45) is -4.35. The quantitative estimate of drug-likeness (QED) is 0.601. The molecule has 0 unspecified atom stereocenters. The van der Waals surface area contributed by atoms with Gasteiger partial charge in [0.2, 0.25) is 0 Å². The third kappa shape index (κ3) is 4.89. The fourth-order valence-corrected chi connectivity index (χ4v) is 1.35. The minimum atomic E-state index is -5.02. The highest BCUT2D eigenvalue weighted by Crippen LogP contribution is 2.25. The van der Waals surface area contributed by atoms with Crippen molar-refractivity contribution in [2.45, 2.75) is 26.4 Å². The van der Waals surface area contributed by atoms with Gasteiger partial charge in [-0.05, 0) is 24.5 Å². The largest absolute Gasteiger partial charge is 0.493 e. The second-order valence-electron chi connectivity index (χ2n) is 4.53. The van der Waals surface area contributed by atoms with Crippen molar-refractivity contribution in [1.82, 2.24) is 0 Å². The van der Waals surface area contributed by atoms with Crippen LogP contribution in [0.25, 0.3) is 0 Å². The van der Waals surface area contributed by atoms with Crippen molar-refractivity contribution in [3.8, 4) is 5.75 Å². The molecule has 0 amide bonds. The van der Waals surface area contributed by atoms with Crippen LogP contribution in [0.5, 0.6) is 5.75 Å². The van der Waals surface area contributed by atoms with Gasteiger partial charge in [0, 0.05) is 11.6 Å². The first-order valence-corrected chi connectivity index (χ1v) is 5.75. The zero-order valence-corrected chi connectivity index (χ0v) is 10.6. The van der Waals surface area contributed by atoms with E-state index in [-0.39, 0.29) is 12.4 Å². The minimum absolute atomic E-state index is 0.0757. The molecule has 0 aliphatic heterocycles. The van der Waals surface area contributed by atoms with Gasteiger partial charge in [0.05, 0.1) is 6.61 Å². The first kappa shape index (κ1) is 15.5. The topological polar surface area (TPSA) is 26.3 Å². The van der Waals surface area contributed by atoms with E-state index < -0.39 is 23.3 Å². The molecule has 0 N–H and O–H groups in total. The van der Waals surface area contributed by atoms with E-state index >= 15 is 0 Å². The van der Waals surface area contributed by atoms with Gasteiger partial charge in [-0.3, -0.25) is 4.79 Å². The Hall–Kier alpha value is -1.59. The molecule has 106 valence electrons. The van der Waals surface area contributed by atoms with Crippen LogP contribution < -0.4 is 4.74 Å². The first-order valence-electron chi connectivity index (χ1n) is 5.75. The minimum Gasteiger partial charge on any atom is -0.493 e. The number of hydrogen-bond acceptors (Lipinski definition) is 2. The van der Waals surface area contributed by atoms with Gasteiger partial charge in [-0.25, -0.2) is 4.39 Å². The Morgan fingerprint density at radius 3 is 2.42 bits per heavy atom. The van der Waals surface area contributed by atoms with Gasteiger partial charge in [0.15, 0.2) is 0 Å². The predicted molar refractivity (Wildman–Crippen MR) is 61.7 cm³/mol. The number of hydrogen-bond donors (Lipinski definition) is 0. The van der Waals surface area contributed by atoms with Crippen LogP contribution in [0, 0.1) is 11.7 Å². The van der Waals surface area contributed by atoms with Crippen LogP contribution in [0.2, 0.25) is 0 Å². The van der Waals surface area contributed by atoms with Crippen molar-refractivity contribution in [2.75, 3.05) is 6.61 Å². The van der Waals surface area contributed by atoms with Gasteiger partial charge in [0.1, 0.15) is 11.6 Å². The van der Waals surface area contributed by atoms with Crippen LogP contribution in [-0.2, 0) is 0 Å². The molecule has 1 aromatic rings. The molecule has 2 nitrogen and oxygen atoms in total. The molecular weight excluding hydrogens is 264 g/mol. The summed E-state index contributed by atoms with van der Waals surface area (Å²) in [4.78, 5) is 11.0. The molecule has 0 aromatic heterocycles. The number of ketones is 1. The molecule has 0 aliphatic rings. The standard InChI is InChI=1S/C13H14F4O2/c1-8(2)3-4-19-11-6-9(5-10(14)7-11)12(18)13(15,16)17/h5-8H,3-4H2,1-2H3. The summed E-state index contributed by atoms with van der Waals surface area (Å²) in [6, 6.07) is 2.40. The van der Waals surface area contributed by atoms with Gasteiger partial charge in [-0.2, -0.15) is 13.2 Å². The average molecular weight is 278 g/mol. The molecule has 0 aliphatic carbocycles. The highest BCUT2D eigenvalue weighted by atomic mass is 19.4. The highest BCUT2D eigenvalue weighted by molar-refractivity contribution is 6.00. The monoisotopic (exact) mass is 278 g/mol. The van der Waals surface area contributed by atoms with Crippen LogP contribution in [-0.4, -0.2) is 18.6 Å². The molecule has 0 heterocycles. The van der Waals surface area contributed by atoms with E-state index in [2.05, 4.69) is 0 Å². The normalized spacial score (nSPS) is 11.7. The van der Waals surface area contributed by atoms with Crippen LogP contribution in [0.4, 0.5) is 17.6 Å². The Labute approximate surface area is 108 Å².